The maximum absolute atomic E-state index is 12.9. The number of Topliss-reactive ketones (excluding diaryl/α,β-unsaturated/α-hetero) is 1. The van der Waals surface area contributed by atoms with E-state index in [4.69, 9.17) is 14.2 Å². The molecule has 3 fully saturated rings. The standard InChI is InChI=1S/C27H40O6/c1-5-12-31-16-33-25-14-27(4)18(13-23(25)29)6-7-19-20-8-9-22(24(30)15-32-17(2)28)26(20,3)11-10-21(19)27/h13,19-22,25H,5-12,14-16H2,1-4H3/t19-,20-,21-,22+,25?,26-,27-/m0/s1. The first-order chi connectivity index (χ1) is 15.7. The minimum atomic E-state index is -0.427. The summed E-state index contributed by atoms with van der Waals surface area (Å²) in [6.07, 6.45) is 9.19. The van der Waals surface area contributed by atoms with Gasteiger partial charge in [0.05, 0.1) is 0 Å². The van der Waals surface area contributed by atoms with E-state index in [1.807, 2.05) is 6.08 Å². The Labute approximate surface area is 197 Å². The monoisotopic (exact) mass is 460 g/mol. The minimum Gasteiger partial charge on any atom is -0.458 e. The third-order valence-corrected chi connectivity index (χ3v) is 9.49. The van der Waals surface area contributed by atoms with Gasteiger partial charge in [0.1, 0.15) is 19.5 Å². The lowest BCUT2D eigenvalue weighted by molar-refractivity contribution is -0.151. The van der Waals surface area contributed by atoms with Gasteiger partial charge in [-0.2, -0.15) is 0 Å². The quantitative estimate of drug-likeness (QED) is 0.298. The molecule has 0 bridgehead atoms. The van der Waals surface area contributed by atoms with Gasteiger partial charge in [0.15, 0.2) is 11.6 Å². The molecule has 3 saturated carbocycles. The second-order valence-corrected chi connectivity index (χ2v) is 11.2. The number of carbonyl (C=O) groups is 3. The van der Waals surface area contributed by atoms with Crippen molar-refractivity contribution in [1.29, 1.82) is 0 Å². The van der Waals surface area contributed by atoms with E-state index in [0.717, 1.165) is 51.4 Å². The molecule has 0 N–H and O–H groups in total. The Morgan fingerprint density at radius 3 is 2.64 bits per heavy atom. The van der Waals surface area contributed by atoms with Crippen LogP contribution in [-0.2, 0) is 28.6 Å². The Morgan fingerprint density at radius 1 is 1.12 bits per heavy atom. The number of ketones is 2. The first-order valence-corrected chi connectivity index (χ1v) is 12.8. The Kier molecular flexibility index (Phi) is 7.16. The van der Waals surface area contributed by atoms with Crippen molar-refractivity contribution in [3.05, 3.63) is 11.6 Å². The first-order valence-electron chi connectivity index (χ1n) is 12.8. The molecule has 0 amide bonds. The van der Waals surface area contributed by atoms with Gasteiger partial charge < -0.3 is 14.2 Å². The Morgan fingerprint density at radius 2 is 1.91 bits per heavy atom. The molecule has 4 aliphatic rings. The van der Waals surface area contributed by atoms with Gasteiger partial charge in [-0.25, -0.2) is 0 Å². The van der Waals surface area contributed by atoms with E-state index in [2.05, 4.69) is 20.8 Å². The van der Waals surface area contributed by atoms with Crippen molar-refractivity contribution < 1.29 is 28.6 Å². The molecule has 6 heteroatoms. The topological polar surface area (TPSA) is 78.9 Å². The summed E-state index contributed by atoms with van der Waals surface area (Å²) in [6.45, 7) is 8.76. The fourth-order valence-electron chi connectivity index (χ4n) is 7.87. The van der Waals surface area contributed by atoms with Crippen LogP contribution in [0.5, 0.6) is 0 Å². The van der Waals surface area contributed by atoms with Crippen LogP contribution in [0.1, 0.15) is 79.1 Å². The summed E-state index contributed by atoms with van der Waals surface area (Å²) < 4.78 is 16.4. The highest BCUT2D eigenvalue weighted by Crippen LogP contribution is 2.66. The number of carbonyl (C=O) groups excluding carboxylic acids is 3. The van der Waals surface area contributed by atoms with Crippen LogP contribution in [0.4, 0.5) is 0 Å². The van der Waals surface area contributed by atoms with Crippen molar-refractivity contribution >= 4 is 17.5 Å². The zero-order valence-corrected chi connectivity index (χ0v) is 20.7. The normalized spacial score (nSPS) is 39.8. The fourth-order valence-corrected chi connectivity index (χ4v) is 7.87. The maximum Gasteiger partial charge on any atom is 0.303 e. The second-order valence-electron chi connectivity index (χ2n) is 11.2. The van der Waals surface area contributed by atoms with Gasteiger partial charge in [-0.15, -0.1) is 0 Å². The molecule has 0 aromatic carbocycles. The molecule has 4 aliphatic carbocycles. The van der Waals surface area contributed by atoms with Crippen LogP contribution < -0.4 is 0 Å². The van der Waals surface area contributed by atoms with Crippen LogP contribution >= 0.6 is 0 Å². The number of ether oxygens (including phenoxy) is 3. The highest BCUT2D eigenvalue weighted by Gasteiger charge is 2.60. The fraction of sp³-hybridized carbons (Fsp3) is 0.815. The van der Waals surface area contributed by atoms with Crippen LogP contribution in [0, 0.1) is 34.5 Å². The SMILES string of the molecule is CCCOCOC1C[C@@]2(C)C(=CC1=O)CC[C@H]1[C@@H]3CC[C@H](C(=O)COC(C)=O)[C@@]3(C)CC[C@@H]12. The zero-order valence-electron chi connectivity index (χ0n) is 20.7. The van der Waals surface area contributed by atoms with E-state index in [-0.39, 0.29) is 41.7 Å². The molecular formula is C27H40O6. The average Bonchev–Trinajstić information content (AvgIpc) is 3.13. The van der Waals surface area contributed by atoms with Crippen LogP contribution in [0.2, 0.25) is 0 Å². The van der Waals surface area contributed by atoms with E-state index >= 15 is 0 Å². The van der Waals surface area contributed by atoms with Crippen LogP contribution in [0.3, 0.4) is 0 Å². The van der Waals surface area contributed by atoms with Crippen molar-refractivity contribution in [1.82, 2.24) is 0 Å². The van der Waals surface area contributed by atoms with E-state index in [1.54, 1.807) is 0 Å². The zero-order chi connectivity index (χ0) is 23.8. The molecule has 0 aromatic rings. The van der Waals surface area contributed by atoms with E-state index < -0.39 is 12.1 Å². The van der Waals surface area contributed by atoms with Crippen molar-refractivity contribution in [3.8, 4) is 0 Å². The molecule has 6 nitrogen and oxygen atoms in total. The van der Waals surface area contributed by atoms with Crippen molar-refractivity contribution in [2.75, 3.05) is 20.0 Å². The Hall–Kier alpha value is -1.53. The van der Waals surface area contributed by atoms with Gasteiger partial charge in [0.25, 0.3) is 0 Å². The average molecular weight is 461 g/mol. The molecule has 0 aromatic heterocycles. The summed E-state index contributed by atoms with van der Waals surface area (Å²) in [6, 6.07) is 0. The summed E-state index contributed by atoms with van der Waals surface area (Å²) in [4.78, 5) is 36.9. The summed E-state index contributed by atoms with van der Waals surface area (Å²) in [5.41, 5.74) is 1.24. The molecule has 0 heterocycles. The first kappa shape index (κ1) is 24.6. The predicted molar refractivity (Wildman–Crippen MR) is 123 cm³/mol. The molecule has 0 aliphatic heterocycles. The van der Waals surface area contributed by atoms with Crippen LogP contribution in [-0.4, -0.2) is 43.6 Å². The van der Waals surface area contributed by atoms with Gasteiger partial charge in [-0.3, -0.25) is 14.4 Å². The molecule has 7 atom stereocenters. The van der Waals surface area contributed by atoms with E-state index in [0.29, 0.717) is 24.4 Å². The molecule has 1 unspecified atom stereocenters. The number of esters is 1. The number of rotatable bonds is 8. The van der Waals surface area contributed by atoms with Gasteiger partial charge in [-0.1, -0.05) is 26.3 Å². The highest BCUT2D eigenvalue weighted by molar-refractivity contribution is 5.95. The second kappa shape index (κ2) is 9.61. The molecule has 0 spiro atoms. The lowest BCUT2D eigenvalue weighted by Crippen LogP contribution is -2.53. The van der Waals surface area contributed by atoms with Gasteiger partial charge in [0, 0.05) is 19.4 Å². The van der Waals surface area contributed by atoms with Gasteiger partial charge in [0.2, 0.25) is 0 Å². The summed E-state index contributed by atoms with van der Waals surface area (Å²) in [7, 11) is 0. The molecule has 33 heavy (non-hydrogen) atoms. The third-order valence-electron chi connectivity index (χ3n) is 9.49. The number of hydrogen-bond donors (Lipinski definition) is 0. The summed E-state index contributed by atoms with van der Waals surface area (Å²) >= 11 is 0. The van der Waals surface area contributed by atoms with Gasteiger partial charge >= 0.3 is 5.97 Å². The molecule has 0 radical (unpaired) electrons. The predicted octanol–water partition coefficient (Wildman–Crippen LogP) is 4.65. The smallest absolute Gasteiger partial charge is 0.303 e. The highest BCUT2D eigenvalue weighted by atomic mass is 16.7. The number of fused-ring (bicyclic) bond motifs is 5. The maximum atomic E-state index is 12.9. The molecule has 0 saturated heterocycles. The molecular weight excluding hydrogens is 420 g/mol. The molecule has 4 rings (SSSR count). The van der Waals surface area contributed by atoms with E-state index in [1.165, 1.54) is 12.5 Å². The largest absolute Gasteiger partial charge is 0.458 e. The van der Waals surface area contributed by atoms with Crippen molar-refractivity contribution in [2.45, 2.75) is 85.2 Å². The number of hydrogen-bond acceptors (Lipinski definition) is 6. The van der Waals surface area contributed by atoms with E-state index in [9.17, 15) is 14.4 Å². The lowest BCUT2D eigenvalue weighted by Gasteiger charge is -2.58. The van der Waals surface area contributed by atoms with Crippen LogP contribution in [0.25, 0.3) is 0 Å². The third kappa shape index (κ3) is 4.45. The lowest BCUT2D eigenvalue weighted by atomic mass is 9.46. The van der Waals surface area contributed by atoms with Crippen LogP contribution in [0.15, 0.2) is 11.6 Å². The summed E-state index contributed by atoms with van der Waals surface area (Å²) in [5.74, 6) is 1.32. The van der Waals surface area contributed by atoms with Crippen molar-refractivity contribution in [2.24, 2.45) is 34.5 Å². The van der Waals surface area contributed by atoms with Crippen molar-refractivity contribution in [3.63, 3.8) is 0 Å². The Bertz CT molecular complexity index is 817. The summed E-state index contributed by atoms with van der Waals surface area (Å²) in [5, 5.41) is 0. The minimum absolute atomic E-state index is 0.0210. The molecule has 184 valence electrons. The van der Waals surface area contributed by atoms with Gasteiger partial charge in [-0.05, 0) is 86.0 Å². The number of allylic oxidation sites excluding steroid dienone is 1. The Balaban J connectivity index is 1.49.